The molecule has 2 atom stereocenters. The zero-order valence-electron chi connectivity index (χ0n) is 10.7. The van der Waals surface area contributed by atoms with Crippen LogP contribution >= 0.6 is 0 Å². The van der Waals surface area contributed by atoms with Gasteiger partial charge in [-0.3, -0.25) is 15.1 Å². The van der Waals surface area contributed by atoms with Crippen LogP contribution in [0.2, 0.25) is 0 Å². The number of nitrogens with one attached hydrogen (secondary N) is 1. The molecule has 3 rings (SSSR count). The van der Waals surface area contributed by atoms with Crippen LogP contribution < -0.4 is 5.32 Å². The molecule has 1 N–H and O–H groups in total. The molecule has 0 aromatic heterocycles. The van der Waals surface area contributed by atoms with E-state index in [0.29, 0.717) is 12.5 Å². The van der Waals surface area contributed by atoms with E-state index in [2.05, 4.69) is 53.3 Å². The highest BCUT2D eigenvalue weighted by Crippen LogP contribution is 2.33. The monoisotopic (exact) mass is 243 g/mol. The topological polar surface area (TPSA) is 44.7 Å². The SMILES string of the molecule is Cc1ccc(C2C(C)CN=C3NC(=O)CN32)cc1. The number of carbonyl (C=O) groups is 1. The van der Waals surface area contributed by atoms with Gasteiger partial charge in [-0.25, -0.2) is 0 Å². The first-order valence-corrected chi connectivity index (χ1v) is 6.32. The van der Waals surface area contributed by atoms with Gasteiger partial charge in [-0.2, -0.15) is 0 Å². The van der Waals surface area contributed by atoms with Gasteiger partial charge in [-0.05, 0) is 12.5 Å². The Labute approximate surface area is 107 Å². The molecule has 2 aliphatic rings. The molecule has 18 heavy (non-hydrogen) atoms. The van der Waals surface area contributed by atoms with E-state index in [9.17, 15) is 4.79 Å². The Morgan fingerprint density at radius 3 is 2.78 bits per heavy atom. The molecule has 4 heteroatoms. The molecule has 0 bridgehead atoms. The van der Waals surface area contributed by atoms with Crippen LogP contribution in [0.4, 0.5) is 0 Å². The summed E-state index contributed by atoms with van der Waals surface area (Å²) in [7, 11) is 0. The normalized spacial score (nSPS) is 26.7. The Morgan fingerprint density at radius 1 is 1.33 bits per heavy atom. The van der Waals surface area contributed by atoms with Gasteiger partial charge in [0.05, 0.1) is 6.04 Å². The van der Waals surface area contributed by atoms with Crippen molar-refractivity contribution in [2.24, 2.45) is 10.9 Å². The van der Waals surface area contributed by atoms with Gasteiger partial charge in [0.15, 0.2) is 0 Å². The molecular formula is C14H17N3O. The summed E-state index contributed by atoms with van der Waals surface area (Å²) >= 11 is 0. The van der Waals surface area contributed by atoms with Crippen molar-refractivity contribution < 1.29 is 4.79 Å². The Kier molecular flexibility index (Phi) is 2.58. The summed E-state index contributed by atoms with van der Waals surface area (Å²) in [6.45, 7) is 5.46. The number of aryl methyl sites for hydroxylation is 1. The molecule has 2 unspecified atom stereocenters. The lowest BCUT2D eigenvalue weighted by Crippen LogP contribution is -2.41. The van der Waals surface area contributed by atoms with E-state index >= 15 is 0 Å². The average molecular weight is 243 g/mol. The van der Waals surface area contributed by atoms with Crippen LogP contribution in [0.1, 0.15) is 24.1 Å². The van der Waals surface area contributed by atoms with Gasteiger partial charge < -0.3 is 4.90 Å². The lowest BCUT2D eigenvalue weighted by molar-refractivity contribution is -0.118. The second kappa shape index (κ2) is 4.12. The number of carbonyl (C=O) groups excluding carboxylic acids is 1. The van der Waals surface area contributed by atoms with E-state index in [1.165, 1.54) is 11.1 Å². The standard InChI is InChI=1S/C14H17N3O/c1-9-3-5-11(6-4-9)13-10(2)7-15-14-16-12(18)8-17(13)14/h3-6,10,13H,7-8H2,1-2H3,(H,15,16,18). The van der Waals surface area contributed by atoms with Crippen molar-refractivity contribution >= 4 is 11.9 Å². The second-order valence-corrected chi connectivity index (χ2v) is 5.17. The summed E-state index contributed by atoms with van der Waals surface area (Å²) in [5, 5.41) is 2.82. The largest absolute Gasteiger partial charge is 0.326 e. The molecule has 1 amide bonds. The maximum atomic E-state index is 11.5. The third-order valence-electron chi connectivity index (χ3n) is 3.66. The molecular weight excluding hydrogens is 226 g/mol. The van der Waals surface area contributed by atoms with Gasteiger partial charge in [0.1, 0.15) is 6.54 Å². The highest BCUT2D eigenvalue weighted by atomic mass is 16.2. The van der Waals surface area contributed by atoms with Gasteiger partial charge in [-0.1, -0.05) is 36.8 Å². The van der Waals surface area contributed by atoms with Crippen LogP contribution in [-0.4, -0.2) is 29.9 Å². The summed E-state index contributed by atoms with van der Waals surface area (Å²) in [5.41, 5.74) is 2.52. The Morgan fingerprint density at radius 2 is 2.06 bits per heavy atom. The Bertz CT molecular complexity index is 506. The van der Waals surface area contributed by atoms with Crippen molar-refractivity contribution in [3.8, 4) is 0 Å². The molecule has 0 aliphatic carbocycles. The van der Waals surface area contributed by atoms with Gasteiger partial charge in [0.2, 0.25) is 11.9 Å². The number of rotatable bonds is 1. The maximum Gasteiger partial charge on any atom is 0.246 e. The molecule has 2 aliphatic heterocycles. The van der Waals surface area contributed by atoms with Crippen molar-refractivity contribution in [3.05, 3.63) is 35.4 Å². The molecule has 2 heterocycles. The van der Waals surface area contributed by atoms with Crippen molar-refractivity contribution in [2.75, 3.05) is 13.1 Å². The van der Waals surface area contributed by atoms with Crippen molar-refractivity contribution in [2.45, 2.75) is 19.9 Å². The highest BCUT2D eigenvalue weighted by molar-refractivity contribution is 6.04. The molecule has 0 saturated carbocycles. The first-order valence-electron chi connectivity index (χ1n) is 6.32. The average Bonchev–Trinajstić information content (AvgIpc) is 2.71. The number of benzene rings is 1. The summed E-state index contributed by atoms with van der Waals surface area (Å²) in [5.74, 6) is 1.20. The third kappa shape index (κ3) is 1.78. The van der Waals surface area contributed by atoms with Crippen LogP contribution in [0.5, 0.6) is 0 Å². The lowest BCUT2D eigenvalue weighted by atomic mass is 9.91. The van der Waals surface area contributed by atoms with Crippen molar-refractivity contribution in [1.29, 1.82) is 0 Å². The maximum absolute atomic E-state index is 11.5. The highest BCUT2D eigenvalue weighted by Gasteiger charge is 2.37. The number of nitrogens with zero attached hydrogens (tertiary/aromatic N) is 2. The number of hydrogen-bond donors (Lipinski definition) is 1. The smallest absolute Gasteiger partial charge is 0.246 e. The number of hydrogen-bond acceptors (Lipinski definition) is 3. The molecule has 94 valence electrons. The first-order chi connectivity index (χ1) is 8.65. The van der Waals surface area contributed by atoms with Crippen LogP contribution in [0, 0.1) is 12.8 Å². The first kappa shape index (κ1) is 11.3. The van der Waals surface area contributed by atoms with E-state index in [0.717, 1.165) is 12.5 Å². The number of guanidine groups is 1. The van der Waals surface area contributed by atoms with E-state index in [1.54, 1.807) is 0 Å². The molecule has 4 nitrogen and oxygen atoms in total. The molecule has 0 spiro atoms. The van der Waals surface area contributed by atoms with Gasteiger partial charge >= 0.3 is 0 Å². The van der Waals surface area contributed by atoms with Crippen LogP contribution in [0.3, 0.4) is 0 Å². The fourth-order valence-corrected chi connectivity index (χ4v) is 2.74. The lowest BCUT2D eigenvalue weighted by Gasteiger charge is -2.36. The van der Waals surface area contributed by atoms with E-state index in [-0.39, 0.29) is 11.9 Å². The van der Waals surface area contributed by atoms with Crippen LogP contribution in [0.25, 0.3) is 0 Å². The van der Waals surface area contributed by atoms with Gasteiger partial charge in [-0.15, -0.1) is 0 Å². The minimum Gasteiger partial charge on any atom is -0.326 e. The molecule has 0 radical (unpaired) electrons. The molecule has 1 saturated heterocycles. The quantitative estimate of drug-likeness (QED) is 0.812. The van der Waals surface area contributed by atoms with Gasteiger partial charge in [0, 0.05) is 12.5 Å². The Hall–Kier alpha value is -1.84. The van der Waals surface area contributed by atoms with Crippen LogP contribution in [0.15, 0.2) is 29.3 Å². The fourth-order valence-electron chi connectivity index (χ4n) is 2.74. The number of amides is 1. The third-order valence-corrected chi connectivity index (χ3v) is 3.66. The molecule has 1 aromatic rings. The van der Waals surface area contributed by atoms with E-state index in [4.69, 9.17) is 0 Å². The van der Waals surface area contributed by atoms with Crippen molar-refractivity contribution in [3.63, 3.8) is 0 Å². The fraction of sp³-hybridized carbons (Fsp3) is 0.429. The number of aliphatic imine (C=N–C) groups is 1. The second-order valence-electron chi connectivity index (χ2n) is 5.17. The predicted molar refractivity (Wildman–Crippen MR) is 70.2 cm³/mol. The number of fused-ring (bicyclic) bond motifs is 1. The van der Waals surface area contributed by atoms with Crippen molar-refractivity contribution in [1.82, 2.24) is 10.2 Å². The zero-order valence-corrected chi connectivity index (χ0v) is 10.7. The minimum atomic E-state index is 0.0416. The summed E-state index contributed by atoms with van der Waals surface area (Å²) in [6.07, 6.45) is 0. The minimum absolute atomic E-state index is 0.0416. The van der Waals surface area contributed by atoms with Crippen LogP contribution in [-0.2, 0) is 4.79 Å². The van der Waals surface area contributed by atoms with Gasteiger partial charge in [0.25, 0.3) is 0 Å². The summed E-state index contributed by atoms with van der Waals surface area (Å²) in [6, 6.07) is 8.80. The summed E-state index contributed by atoms with van der Waals surface area (Å²) in [4.78, 5) is 18.0. The Balaban J connectivity index is 1.97. The predicted octanol–water partition coefficient (Wildman–Crippen LogP) is 1.47. The molecule has 1 aromatic carbocycles. The van der Waals surface area contributed by atoms with E-state index in [1.807, 2.05) is 0 Å². The molecule has 1 fully saturated rings. The zero-order chi connectivity index (χ0) is 12.7. The summed E-state index contributed by atoms with van der Waals surface area (Å²) < 4.78 is 0. The van der Waals surface area contributed by atoms with E-state index < -0.39 is 0 Å².